The van der Waals surface area contributed by atoms with E-state index < -0.39 is 11.1 Å². The molecule has 4 aliphatic carbocycles. The molecule has 0 aliphatic heterocycles. The van der Waals surface area contributed by atoms with Crippen LogP contribution in [0.3, 0.4) is 0 Å². The fraction of sp³-hybridized carbons (Fsp3) is 0.812. The molecule has 7 atom stereocenters. The van der Waals surface area contributed by atoms with Crippen LogP contribution in [0, 0.1) is 28.6 Å². The fourth-order valence-electron chi connectivity index (χ4n) is 5.37. The van der Waals surface area contributed by atoms with E-state index in [9.17, 15) is 9.00 Å². The van der Waals surface area contributed by atoms with Crippen LogP contribution in [0.15, 0.2) is 12.2 Å². The monoisotopic (exact) mass is 330 g/mol. The molecule has 5 heteroatoms. The normalized spacial score (nSPS) is 49.4. The average molecular weight is 331 g/mol. The lowest BCUT2D eigenvalue weighted by atomic mass is 9.47. The average Bonchev–Trinajstić information content (AvgIpc) is 2.60. The number of carbonyl (C=O) groups is 1. The first-order valence-corrected chi connectivity index (χ1v) is 9.33. The van der Waals surface area contributed by atoms with E-state index in [4.69, 9.17) is 15.8 Å². The molecule has 0 saturated heterocycles. The Morgan fingerprint density at radius 3 is 2.71 bits per heavy atom. The predicted octanol–water partition coefficient (Wildman–Crippen LogP) is 3.45. The van der Waals surface area contributed by atoms with Gasteiger partial charge in [0.1, 0.15) is 11.0 Å². The van der Waals surface area contributed by atoms with Gasteiger partial charge in [0.2, 0.25) is 0 Å². The second-order valence-corrected chi connectivity index (χ2v) is 9.21. The zero-order chi connectivity index (χ0) is 15.6. The highest BCUT2D eigenvalue weighted by Crippen LogP contribution is 2.70. The van der Waals surface area contributed by atoms with Crippen molar-refractivity contribution >= 4 is 28.5 Å². The van der Waals surface area contributed by atoms with Gasteiger partial charge in [-0.15, -0.1) is 11.6 Å². The smallest absolute Gasteiger partial charge is 0.171 e. The van der Waals surface area contributed by atoms with Crippen LogP contribution < -0.4 is 0 Å². The number of alkyl halides is 1. The molecule has 118 valence electrons. The summed E-state index contributed by atoms with van der Waals surface area (Å²) in [6, 6.07) is 0. The summed E-state index contributed by atoms with van der Waals surface area (Å²) in [6.45, 7) is 10.4. The van der Waals surface area contributed by atoms with Gasteiger partial charge in [-0.1, -0.05) is 26.0 Å². The van der Waals surface area contributed by atoms with E-state index in [1.807, 2.05) is 6.92 Å². The zero-order valence-electron chi connectivity index (χ0n) is 12.9. The SMILES string of the molecule is C=C(C)[C@@H]1C[C@H]2[C@@]3(C)C[C@@H]1C(=O)[C@]2(C)C[C@@H]3OS(=O)CCl. The molecule has 0 spiro atoms. The summed E-state index contributed by atoms with van der Waals surface area (Å²) < 4.78 is 17.4. The lowest BCUT2D eigenvalue weighted by Gasteiger charge is -2.55. The lowest BCUT2D eigenvalue weighted by molar-refractivity contribution is -0.154. The molecule has 0 aromatic carbocycles. The van der Waals surface area contributed by atoms with E-state index in [0.29, 0.717) is 24.0 Å². The van der Waals surface area contributed by atoms with Gasteiger partial charge in [-0.3, -0.25) is 8.98 Å². The first-order valence-electron chi connectivity index (χ1n) is 7.55. The second kappa shape index (κ2) is 4.90. The van der Waals surface area contributed by atoms with Gasteiger partial charge in [0.25, 0.3) is 0 Å². The van der Waals surface area contributed by atoms with E-state index in [2.05, 4.69) is 20.4 Å². The summed E-state index contributed by atoms with van der Waals surface area (Å²) >= 11 is 4.16. The summed E-state index contributed by atoms with van der Waals surface area (Å²) in [5.41, 5.74) is 0.720. The first-order chi connectivity index (χ1) is 9.74. The van der Waals surface area contributed by atoms with Crippen LogP contribution in [0.1, 0.15) is 40.0 Å². The molecule has 0 aromatic heterocycles. The van der Waals surface area contributed by atoms with Crippen molar-refractivity contribution in [2.75, 3.05) is 5.21 Å². The Balaban J connectivity index is 1.96. The number of halogens is 1. The molecule has 21 heavy (non-hydrogen) atoms. The Morgan fingerprint density at radius 1 is 1.48 bits per heavy atom. The predicted molar refractivity (Wildman–Crippen MR) is 84.1 cm³/mol. The Kier molecular flexibility index (Phi) is 3.66. The van der Waals surface area contributed by atoms with Crippen LogP contribution in [0.5, 0.6) is 0 Å². The number of allylic oxidation sites excluding steroid dienone is 1. The molecule has 4 fully saturated rings. The maximum atomic E-state index is 12.9. The summed E-state index contributed by atoms with van der Waals surface area (Å²) in [7, 11) is 0. The van der Waals surface area contributed by atoms with E-state index >= 15 is 0 Å². The first kappa shape index (κ1) is 15.7. The maximum absolute atomic E-state index is 12.9. The molecule has 4 bridgehead atoms. The molecular formula is C16H23ClO3S. The molecule has 4 saturated carbocycles. The molecule has 0 heterocycles. The van der Waals surface area contributed by atoms with Gasteiger partial charge in [0.05, 0.1) is 6.10 Å². The Labute approximate surface area is 134 Å². The number of ketones is 1. The number of carbonyl (C=O) groups excluding carboxylic acids is 1. The summed E-state index contributed by atoms with van der Waals surface area (Å²) in [6.07, 6.45) is 2.38. The van der Waals surface area contributed by atoms with Gasteiger partial charge in [-0.25, -0.2) is 4.21 Å². The Hall–Kier alpha value is -0.190. The number of Topliss-reactive ketones (excluding diaryl/α,β-unsaturated/α-hetero) is 1. The quantitative estimate of drug-likeness (QED) is 0.585. The van der Waals surface area contributed by atoms with E-state index in [-0.39, 0.29) is 28.1 Å². The molecule has 0 amide bonds. The number of hydrogen-bond donors (Lipinski definition) is 0. The highest BCUT2D eigenvalue weighted by atomic mass is 35.5. The molecule has 0 N–H and O–H groups in total. The Bertz CT molecular complexity index is 534. The van der Waals surface area contributed by atoms with Crippen LogP contribution in [0.2, 0.25) is 0 Å². The molecule has 4 aliphatic rings. The van der Waals surface area contributed by atoms with Gasteiger partial charge < -0.3 is 0 Å². The minimum Gasteiger partial charge on any atom is -0.299 e. The van der Waals surface area contributed by atoms with Crippen LogP contribution in [0.25, 0.3) is 0 Å². The van der Waals surface area contributed by atoms with E-state index in [1.54, 1.807) is 0 Å². The molecule has 1 unspecified atom stereocenters. The van der Waals surface area contributed by atoms with Crippen molar-refractivity contribution in [2.24, 2.45) is 28.6 Å². The molecular weight excluding hydrogens is 308 g/mol. The number of hydrogen-bond acceptors (Lipinski definition) is 3. The molecule has 3 nitrogen and oxygen atoms in total. The highest BCUT2D eigenvalue weighted by Gasteiger charge is 2.70. The third kappa shape index (κ3) is 2.02. The van der Waals surface area contributed by atoms with Crippen molar-refractivity contribution in [1.82, 2.24) is 0 Å². The van der Waals surface area contributed by atoms with Gasteiger partial charge in [0.15, 0.2) is 11.1 Å². The summed E-state index contributed by atoms with van der Waals surface area (Å²) in [4.78, 5) is 12.9. The maximum Gasteiger partial charge on any atom is 0.171 e. The minimum atomic E-state index is -1.46. The lowest BCUT2D eigenvalue weighted by Crippen LogP contribution is -2.56. The summed E-state index contributed by atoms with van der Waals surface area (Å²) in [5.74, 6) is 1.02. The van der Waals surface area contributed by atoms with Crippen molar-refractivity contribution in [3.63, 3.8) is 0 Å². The van der Waals surface area contributed by atoms with Gasteiger partial charge in [0, 0.05) is 11.3 Å². The van der Waals surface area contributed by atoms with Crippen LogP contribution in [0.4, 0.5) is 0 Å². The number of fused-ring (bicyclic) bond motifs is 1. The van der Waals surface area contributed by atoms with Crippen LogP contribution in [-0.4, -0.2) is 21.3 Å². The van der Waals surface area contributed by atoms with Gasteiger partial charge >= 0.3 is 0 Å². The standard InChI is InChI=1S/C16H23ClO3S/c1-9(2)10-5-12-15(3)6-11(10)14(18)16(12,4)7-13(15)20-21(19)8-17/h10-13H,1,5-8H2,2-4H3/t10-,11-,12-,13-,15+,16+,21?/m0/s1. The van der Waals surface area contributed by atoms with E-state index in [0.717, 1.165) is 18.4 Å². The highest BCUT2D eigenvalue weighted by molar-refractivity contribution is 7.81. The zero-order valence-corrected chi connectivity index (χ0v) is 14.4. The number of rotatable bonds is 4. The van der Waals surface area contributed by atoms with Gasteiger partial charge in [-0.05, 0) is 43.4 Å². The fourth-order valence-corrected chi connectivity index (χ4v) is 6.12. The van der Waals surface area contributed by atoms with Crippen LogP contribution in [-0.2, 0) is 20.1 Å². The molecule has 0 radical (unpaired) electrons. The molecule has 0 aromatic rings. The van der Waals surface area contributed by atoms with Crippen LogP contribution >= 0.6 is 11.6 Å². The van der Waals surface area contributed by atoms with Crippen molar-refractivity contribution < 1.29 is 13.2 Å². The third-order valence-electron chi connectivity index (χ3n) is 6.39. The third-order valence-corrected chi connectivity index (χ3v) is 7.55. The van der Waals surface area contributed by atoms with Crippen molar-refractivity contribution in [3.8, 4) is 0 Å². The Morgan fingerprint density at radius 2 is 2.14 bits per heavy atom. The van der Waals surface area contributed by atoms with Crippen molar-refractivity contribution in [3.05, 3.63) is 12.2 Å². The largest absolute Gasteiger partial charge is 0.299 e. The topological polar surface area (TPSA) is 43.4 Å². The second-order valence-electron chi connectivity index (χ2n) is 7.54. The van der Waals surface area contributed by atoms with Crippen molar-refractivity contribution in [2.45, 2.75) is 46.1 Å². The summed E-state index contributed by atoms with van der Waals surface area (Å²) in [5, 5.41) is -0.0142. The minimum absolute atomic E-state index is 0.0142. The van der Waals surface area contributed by atoms with E-state index in [1.165, 1.54) is 0 Å². The van der Waals surface area contributed by atoms with Crippen molar-refractivity contribution in [1.29, 1.82) is 0 Å². The van der Waals surface area contributed by atoms with Gasteiger partial charge in [-0.2, -0.15) is 0 Å². The molecule has 4 rings (SSSR count).